The number of hydrazone groups is 1. The van der Waals surface area contributed by atoms with Gasteiger partial charge >= 0.3 is 0 Å². The molecule has 1 aromatic rings. The van der Waals surface area contributed by atoms with Gasteiger partial charge in [0, 0.05) is 38.0 Å². The molecule has 0 unspecified atom stereocenters. The number of likely N-dealkylation sites (tertiary alicyclic amines) is 1. The van der Waals surface area contributed by atoms with Crippen molar-refractivity contribution in [3.63, 3.8) is 0 Å². The molecule has 0 aromatic heterocycles. The van der Waals surface area contributed by atoms with Crippen LogP contribution in [0.25, 0.3) is 0 Å². The van der Waals surface area contributed by atoms with Crippen molar-refractivity contribution in [1.82, 2.24) is 9.91 Å². The summed E-state index contributed by atoms with van der Waals surface area (Å²) >= 11 is 12.0. The number of likely N-dealkylation sites (N-methyl/N-ethyl adjacent to an activating group) is 1. The van der Waals surface area contributed by atoms with Crippen LogP contribution in [0.4, 0.5) is 0 Å². The summed E-state index contributed by atoms with van der Waals surface area (Å²) in [5, 5.41) is 6.98. The highest BCUT2D eigenvalue weighted by Crippen LogP contribution is 2.30. The Kier molecular flexibility index (Phi) is 6.27. The molecule has 0 atom stereocenters. The molecule has 0 saturated carbocycles. The van der Waals surface area contributed by atoms with Crippen LogP contribution in [0.1, 0.15) is 12.8 Å². The van der Waals surface area contributed by atoms with Gasteiger partial charge in [0.15, 0.2) is 6.61 Å². The number of ether oxygens (including phenoxy) is 2. The second kappa shape index (κ2) is 8.64. The summed E-state index contributed by atoms with van der Waals surface area (Å²) in [6.07, 6.45) is 5.05. The molecule has 0 N–H and O–H groups in total. The molecule has 0 radical (unpaired) electrons. The number of hydrogen-bond acceptors (Lipinski definition) is 5. The third-order valence-electron chi connectivity index (χ3n) is 4.28. The maximum atomic E-state index is 12.3. The van der Waals surface area contributed by atoms with Gasteiger partial charge in [-0.05, 0) is 24.3 Å². The molecule has 3 rings (SSSR count). The van der Waals surface area contributed by atoms with E-state index in [2.05, 4.69) is 5.10 Å². The summed E-state index contributed by atoms with van der Waals surface area (Å²) in [5.74, 6) is 1.23. The predicted octanol–water partition coefficient (Wildman–Crippen LogP) is 3.19. The molecule has 2 heterocycles. The van der Waals surface area contributed by atoms with E-state index in [1.54, 1.807) is 34.3 Å². The molecule has 0 aliphatic carbocycles. The lowest BCUT2D eigenvalue weighted by atomic mass is 10.1. The number of benzene rings is 1. The normalized spacial score (nSPS) is 17.9. The smallest absolute Gasteiger partial charge is 0.260 e. The SMILES string of the molecule is CN1CC=C(OCC(=O)N2CCC(Oc3ccc(Cl)cc3Cl)CC2)C=N1. The van der Waals surface area contributed by atoms with Crippen molar-refractivity contribution >= 4 is 35.3 Å². The summed E-state index contributed by atoms with van der Waals surface area (Å²) in [5.41, 5.74) is 0. The highest BCUT2D eigenvalue weighted by atomic mass is 35.5. The summed E-state index contributed by atoms with van der Waals surface area (Å²) in [6, 6.07) is 5.18. The first-order chi connectivity index (χ1) is 12.5. The summed E-state index contributed by atoms with van der Waals surface area (Å²) in [4.78, 5) is 14.1. The summed E-state index contributed by atoms with van der Waals surface area (Å²) in [7, 11) is 1.87. The lowest BCUT2D eigenvalue weighted by Crippen LogP contribution is -2.43. The van der Waals surface area contributed by atoms with Crippen molar-refractivity contribution in [2.45, 2.75) is 18.9 Å². The number of carbonyl (C=O) groups is 1. The highest BCUT2D eigenvalue weighted by molar-refractivity contribution is 6.35. The van der Waals surface area contributed by atoms with Crippen LogP contribution < -0.4 is 4.74 Å². The van der Waals surface area contributed by atoms with E-state index < -0.39 is 0 Å². The first-order valence-electron chi connectivity index (χ1n) is 8.49. The first kappa shape index (κ1) is 18.9. The lowest BCUT2D eigenvalue weighted by molar-refractivity contribution is -0.136. The van der Waals surface area contributed by atoms with Crippen LogP contribution in [-0.4, -0.2) is 61.4 Å². The van der Waals surface area contributed by atoms with Crippen molar-refractivity contribution in [2.75, 3.05) is 33.3 Å². The molecule has 1 saturated heterocycles. The number of allylic oxidation sites excluding steroid dienone is 1. The third kappa shape index (κ3) is 5.05. The molecule has 2 aliphatic rings. The van der Waals surface area contributed by atoms with Gasteiger partial charge in [-0.2, -0.15) is 5.10 Å². The molecule has 8 heteroatoms. The molecular weight excluding hydrogens is 377 g/mol. The van der Waals surface area contributed by atoms with Crippen LogP contribution in [0.2, 0.25) is 10.0 Å². The zero-order valence-electron chi connectivity index (χ0n) is 14.5. The monoisotopic (exact) mass is 397 g/mol. The summed E-state index contributed by atoms with van der Waals surface area (Å²) in [6.45, 7) is 1.97. The predicted molar refractivity (Wildman–Crippen MR) is 102 cm³/mol. The Morgan fingerprint density at radius 3 is 2.73 bits per heavy atom. The van der Waals surface area contributed by atoms with Crippen LogP contribution in [0.3, 0.4) is 0 Å². The van der Waals surface area contributed by atoms with E-state index in [9.17, 15) is 4.79 Å². The number of piperidine rings is 1. The fraction of sp³-hybridized carbons (Fsp3) is 0.444. The van der Waals surface area contributed by atoms with Gasteiger partial charge in [-0.3, -0.25) is 9.80 Å². The van der Waals surface area contributed by atoms with Gasteiger partial charge in [-0.15, -0.1) is 0 Å². The summed E-state index contributed by atoms with van der Waals surface area (Å²) < 4.78 is 11.5. The largest absolute Gasteiger partial charge is 0.489 e. The molecule has 140 valence electrons. The van der Waals surface area contributed by atoms with Crippen LogP contribution in [0, 0.1) is 0 Å². The zero-order valence-corrected chi connectivity index (χ0v) is 16.0. The number of carbonyl (C=O) groups excluding carboxylic acids is 1. The lowest BCUT2D eigenvalue weighted by Gasteiger charge is -2.32. The van der Waals surface area contributed by atoms with E-state index in [1.165, 1.54) is 0 Å². The highest BCUT2D eigenvalue weighted by Gasteiger charge is 2.25. The number of halogens is 2. The zero-order chi connectivity index (χ0) is 18.5. The minimum absolute atomic E-state index is 0.0239. The van der Waals surface area contributed by atoms with E-state index in [4.69, 9.17) is 32.7 Å². The van der Waals surface area contributed by atoms with E-state index in [-0.39, 0.29) is 18.6 Å². The Balaban J connectivity index is 1.43. The van der Waals surface area contributed by atoms with E-state index in [0.29, 0.717) is 41.2 Å². The van der Waals surface area contributed by atoms with Crippen LogP contribution in [-0.2, 0) is 9.53 Å². The molecule has 1 amide bonds. The van der Waals surface area contributed by atoms with Crippen LogP contribution in [0.5, 0.6) is 5.75 Å². The first-order valence-corrected chi connectivity index (χ1v) is 9.24. The van der Waals surface area contributed by atoms with Gasteiger partial charge in [0.05, 0.1) is 17.8 Å². The van der Waals surface area contributed by atoms with Gasteiger partial charge < -0.3 is 14.4 Å². The topological polar surface area (TPSA) is 54.4 Å². The Morgan fingerprint density at radius 2 is 2.08 bits per heavy atom. The van der Waals surface area contributed by atoms with Crippen molar-refractivity contribution in [1.29, 1.82) is 0 Å². The van der Waals surface area contributed by atoms with Gasteiger partial charge in [-0.1, -0.05) is 23.2 Å². The van der Waals surface area contributed by atoms with Gasteiger partial charge in [-0.25, -0.2) is 0 Å². The second-order valence-electron chi connectivity index (χ2n) is 6.25. The standard InChI is InChI=1S/C18H21Cl2N3O3/c1-22-7-4-15(11-21-22)25-12-18(24)23-8-5-14(6-9-23)26-17-3-2-13(19)10-16(17)20/h2-4,10-11,14H,5-9,12H2,1H3. The van der Waals surface area contributed by atoms with Crippen LogP contribution in [0.15, 0.2) is 35.1 Å². The number of hydrogen-bond donors (Lipinski definition) is 0. The Bertz CT molecular complexity index is 716. The van der Waals surface area contributed by atoms with Crippen LogP contribution >= 0.6 is 23.2 Å². The molecule has 0 bridgehead atoms. The molecule has 26 heavy (non-hydrogen) atoms. The molecule has 6 nitrogen and oxygen atoms in total. The Morgan fingerprint density at radius 1 is 1.31 bits per heavy atom. The van der Waals surface area contributed by atoms with E-state index >= 15 is 0 Å². The van der Waals surface area contributed by atoms with Crippen molar-refractivity contribution in [3.05, 3.63) is 40.1 Å². The van der Waals surface area contributed by atoms with Gasteiger partial charge in [0.1, 0.15) is 17.6 Å². The maximum Gasteiger partial charge on any atom is 0.260 e. The second-order valence-corrected chi connectivity index (χ2v) is 7.10. The fourth-order valence-electron chi connectivity index (χ4n) is 2.78. The molecular formula is C18H21Cl2N3O3. The van der Waals surface area contributed by atoms with Crippen molar-refractivity contribution in [3.8, 4) is 5.75 Å². The molecule has 1 fully saturated rings. The third-order valence-corrected chi connectivity index (χ3v) is 4.81. The average Bonchev–Trinajstić information content (AvgIpc) is 2.64. The van der Waals surface area contributed by atoms with E-state index in [0.717, 1.165) is 12.8 Å². The Labute approximate surface area is 162 Å². The van der Waals surface area contributed by atoms with Crippen molar-refractivity contribution < 1.29 is 14.3 Å². The van der Waals surface area contributed by atoms with Gasteiger partial charge in [0.25, 0.3) is 5.91 Å². The maximum absolute atomic E-state index is 12.3. The molecule has 0 spiro atoms. The minimum atomic E-state index is -0.0267. The quantitative estimate of drug-likeness (QED) is 0.765. The molecule has 2 aliphatic heterocycles. The van der Waals surface area contributed by atoms with Gasteiger partial charge in [0.2, 0.25) is 0 Å². The van der Waals surface area contributed by atoms with E-state index in [1.807, 2.05) is 13.1 Å². The average molecular weight is 398 g/mol. The number of amides is 1. The number of nitrogens with zero attached hydrogens (tertiary/aromatic N) is 3. The number of rotatable bonds is 5. The fourth-order valence-corrected chi connectivity index (χ4v) is 3.24. The minimum Gasteiger partial charge on any atom is -0.489 e. The molecule has 1 aromatic carbocycles. The Hall–Kier alpha value is -1.92. The van der Waals surface area contributed by atoms with Crippen molar-refractivity contribution in [2.24, 2.45) is 5.10 Å².